The number of carbonyl (C=O) groups is 3. The fourth-order valence-electron chi connectivity index (χ4n) is 3.11. The largest absolute Gasteiger partial charge is 0.494 e. The van der Waals surface area contributed by atoms with E-state index in [1.165, 1.54) is 17.7 Å². The Labute approximate surface area is 224 Å². The topological polar surface area (TPSA) is 88.1 Å². The number of hydrogen-bond acceptors (Lipinski definition) is 7. The van der Waals surface area contributed by atoms with Gasteiger partial charge in [-0.3, -0.25) is 0 Å². The molecule has 2 rings (SSSR count). The Morgan fingerprint density at radius 3 is 1.82 bits per heavy atom. The molecule has 0 heterocycles. The molecule has 0 bridgehead atoms. The van der Waals surface area contributed by atoms with E-state index in [4.69, 9.17) is 18.9 Å². The maximum atomic E-state index is 12.4. The van der Waals surface area contributed by atoms with Crippen LogP contribution in [0, 0.1) is 0 Å². The summed E-state index contributed by atoms with van der Waals surface area (Å²) in [6, 6.07) is 13.8. The molecule has 7 nitrogen and oxygen atoms in total. The van der Waals surface area contributed by atoms with Crippen molar-refractivity contribution in [1.82, 2.24) is 0 Å². The SMILES string of the molecule is C=CC(=O)OCCCCOc1ccc(C(=O)OC(=C)/C=C\C(=C)OC(=O)c2ccc(CCCC)cc2)cc1. The highest BCUT2D eigenvalue weighted by molar-refractivity contribution is 5.91. The molecule has 0 fully saturated rings. The maximum absolute atomic E-state index is 12.4. The van der Waals surface area contributed by atoms with Gasteiger partial charge in [-0.2, -0.15) is 0 Å². The number of ether oxygens (including phenoxy) is 4. The average molecular weight is 519 g/mol. The van der Waals surface area contributed by atoms with Crippen LogP contribution in [0.3, 0.4) is 0 Å². The lowest BCUT2D eigenvalue weighted by Gasteiger charge is -2.08. The molecule has 0 atom stereocenters. The summed E-state index contributed by atoms with van der Waals surface area (Å²) in [5.74, 6) is -0.826. The molecule has 0 aliphatic carbocycles. The van der Waals surface area contributed by atoms with Crippen molar-refractivity contribution in [2.45, 2.75) is 39.0 Å². The van der Waals surface area contributed by atoms with Gasteiger partial charge in [0.25, 0.3) is 0 Å². The predicted octanol–water partition coefficient (Wildman–Crippen LogP) is 6.51. The Bertz CT molecular complexity index is 1140. The van der Waals surface area contributed by atoms with Crippen LogP contribution < -0.4 is 4.74 Å². The Morgan fingerprint density at radius 1 is 0.763 bits per heavy atom. The zero-order valence-electron chi connectivity index (χ0n) is 21.8. The molecule has 0 saturated heterocycles. The molecule has 0 unspecified atom stereocenters. The van der Waals surface area contributed by atoms with Crippen molar-refractivity contribution in [2.24, 2.45) is 0 Å². The standard InChI is InChI=1S/C31H34O7/c1-5-7-10-25-13-15-26(16-14-25)30(33)37-23(3)11-12-24(4)38-31(34)27-17-19-28(20-18-27)35-21-8-9-22-36-29(32)6-2/h6,11-20H,2-5,7-10,21-22H2,1H3/b12-11-. The molecule has 2 aromatic rings. The molecule has 0 saturated carbocycles. The molecular formula is C31H34O7. The highest BCUT2D eigenvalue weighted by Crippen LogP contribution is 2.15. The van der Waals surface area contributed by atoms with E-state index in [0.717, 1.165) is 25.3 Å². The van der Waals surface area contributed by atoms with Gasteiger partial charge in [0, 0.05) is 6.08 Å². The Morgan fingerprint density at radius 2 is 1.29 bits per heavy atom. The summed E-state index contributed by atoms with van der Waals surface area (Å²) < 4.78 is 21.0. The van der Waals surface area contributed by atoms with Gasteiger partial charge in [0.15, 0.2) is 0 Å². The Kier molecular flexibility index (Phi) is 12.9. The van der Waals surface area contributed by atoms with Gasteiger partial charge in [0.2, 0.25) is 0 Å². The number of carbonyl (C=O) groups excluding carboxylic acids is 3. The van der Waals surface area contributed by atoms with E-state index in [9.17, 15) is 14.4 Å². The van der Waals surface area contributed by atoms with Gasteiger partial charge >= 0.3 is 17.9 Å². The van der Waals surface area contributed by atoms with Crippen LogP contribution in [-0.2, 0) is 25.4 Å². The van der Waals surface area contributed by atoms with Crippen LogP contribution in [0.4, 0.5) is 0 Å². The molecule has 0 spiro atoms. The van der Waals surface area contributed by atoms with Crippen molar-refractivity contribution in [3.05, 3.63) is 115 Å². The number of rotatable bonds is 16. The molecule has 0 aliphatic heterocycles. The molecule has 2 aromatic carbocycles. The fourth-order valence-corrected chi connectivity index (χ4v) is 3.11. The second-order valence-electron chi connectivity index (χ2n) is 8.30. The van der Waals surface area contributed by atoms with Crippen molar-refractivity contribution in [3.63, 3.8) is 0 Å². The number of allylic oxidation sites excluding steroid dienone is 2. The average Bonchev–Trinajstić information content (AvgIpc) is 2.93. The number of benzene rings is 2. The van der Waals surface area contributed by atoms with E-state index in [0.29, 0.717) is 42.9 Å². The van der Waals surface area contributed by atoms with Crippen LogP contribution in [0.5, 0.6) is 5.75 Å². The number of hydrogen-bond donors (Lipinski definition) is 0. The maximum Gasteiger partial charge on any atom is 0.343 e. The van der Waals surface area contributed by atoms with E-state index in [1.807, 2.05) is 12.1 Å². The number of aryl methyl sites for hydroxylation is 1. The first-order valence-corrected chi connectivity index (χ1v) is 12.4. The first-order valence-electron chi connectivity index (χ1n) is 12.4. The van der Waals surface area contributed by atoms with Crippen molar-refractivity contribution in [3.8, 4) is 5.75 Å². The summed E-state index contributed by atoms with van der Waals surface area (Å²) in [7, 11) is 0. The third-order valence-electron chi connectivity index (χ3n) is 5.22. The predicted molar refractivity (Wildman–Crippen MR) is 146 cm³/mol. The molecular weight excluding hydrogens is 484 g/mol. The molecule has 7 heteroatoms. The zero-order chi connectivity index (χ0) is 27.8. The van der Waals surface area contributed by atoms with E-state index < -0.39 is 17.9 Å². The Balaban J connectivity index is 1.73. The van der Waals surface area contributed by atoms with Crippen LogP contribution in [0.15, 0.2) is 98.0 Å². The third kappa shape index (κ3) is 11.1. The van der Waals surface area contributed by atoms with Gasteiger partial charge in [-0.15, -0.1) is 0 Å². The van der Waals surface area contributed by atoms with Gasteiger partial charge in [0.05, 0.1) is 24.3 Å². The second kappa shape index (κ2) is 16.4. The molecule has 200 valence electrons. The van der Waals surface area contributed by atoms with Crippen molar-refractivity contribution >= 4 is 17.9 Å². The first-order chi connectivity index (χ1) is 18.3. The molecule has 38 heavy (non-hydrogen) atoms. The monoisotopic (exact) mass is 518 g/mol. The minimum Gasteiger partial charge on any atom is -0.494 e. The highest BCUT2D eigenvalue weighted by atomic mass is 16.5. The van der Waals surface area contributed by atoms with Crippen LogP contribution in [0.1, 0.15) is 58.9 Å². The van der Waals surface area contributed by atoms with Gasteiger partial charge in [-0.1, -0.05) is 45.2 Å². The third-order valence-corrected chi connectivity index (χ3v) is 5.22. The summed E-state index contributed by atoms with van der Waals surface area (Å²) in [4.78, 5) is 35.6. The molecule has 0 radical (unpaired) electrons. The van der Waals surface area contributed by atoms with E-state index in [1.54, 1.807) is 36.4 Å². The normalized spacial score (nSPS) is 10.4. The van der Waals surface area contributed by atoms with Gasteiger partial charge in [0.1, 0.15) is 17.3 Å². The fraction of sp³-hybridized carbons (Fsp3) is 0.258. The van der Waals surface area contributed by atoms with Crippen LogP contribution in [-0.4, -0.2) is 31.1 Å². The first kappa shape index (κ1) is 29.8. The second-order valence-corrected chi connectivity index (χ2v) is 8.30. The van der Waals surface area contributed by atoms with E-state index in [2.05, 4.69) is 26.7 Å². The Hall–Kier alpha value is -4.39. The minimum absolute atomic E-state index is 0.0601. The number of esters is 3. The summed E-state index contributed by atoms with van der Waals surface area (Å²) in [6.45, 7) is 13.6. The van der Waals surface area contributed by atoms with Crippen molar-refractivity contribution < 1.29 is 33.3 Å². The lowest BCUT2D eigenvalue weighted by atomic mass is 10.1. The van der Waals surface area contributed by atoms with Crippen molar-refractivity contribution in [2.75, 3.05) is 13.2 Å². The summed E-state index contributed by atoms with van der Waals surface area (Å²) in [6.07, 6.45) is 8.46. The molecule has 0 N–H and O–H groups in total. The highest BCUT2D eigenvalue weighted by Gasteiger charge is 2.10. The quantitative estimate of drug-likeness (QED) is 0.0625. The smallest absolute Gasteiger partial charge is 0.343 e. The van der Waals surface area contributed by atoms with Gasteiger partial charge in [-0.05, 0) is 79.8 Å². The lowest BCUT2D eigenvalue weighted by molar-refractivity contribution is -0.137. The van der Waals surface area contributed by atoms with Crippen LogP contribution in [0.2, 0.25) is 0 Å². The number of unbranched alkanes of at least 4 members (excludes halogenated alkanes) is 2. The summed E-state index contributed by atoms with van der Waals surface area (Å²) in [5, 5.41) is 0. The van der Waals surface area contributed by atoms with Crippen LogP contribution in [0.25, 0.3) is 0 Å². The minimum atomic E-state index is -0.596. The summed E-state index contributed by atoms with van der Waals surface area (Å²) >= 11 is 0. The van der Waals surface area contributed by atoms with Crippen molar-refractivity contribution in [1.29, 1.82) is 0 Å². The molecule has 0 aromatic heterocycles. The zero-order valence-corrected chi connectivity index (χ0v) is 21.8. The van der Waals surface area contributed by atoms with E-state index in [-0.39, 0.29) is 11.5 Å². The van der Waals surface area contributed by atoms with Gasteiger partial charge < -0.3 is 18.9 Å². The summed E-state index contributed by atoms with van der Waals surface area (Å²) in [5.41, 5.74) is 1.91. The van der Waals surface area contributed by atoms with Crippen LogP contribution >= 0.6 is 0 Å². The molecule has 0 amide bonds. The molecule has 0 aliphatic rings. The van der Waals surface area contributed by atoms with Gasteiger partial charge in [-0.25, -0.2) is 14.4 Å². The lowest BCUT2D eigenvalue weighted by Crippen LogP contribution is -2.05. The van der Waals surface area contributed by atoms with E-state index >= 15 is 0 Å².